The first kappa shape index (κ1) is 21.1. The van der Waals surface area contributed by atoms with Crippen molar-refractivity contribution >= 4 is 5.91 Å². The molecule has 2 saturated carbocycles. The number of rotatable bonds is 8. The molecular formula is C26H34N2O2. The van der Waals surface area contributed by atoms with E-state index in [1.165, 1.54) is 12.8 Å². The standard InChI is InChI=1S/C26H34N2O2/c29-25(21-15-7-8-16-21)27-23(19-11-3-1-4-12-19)24(20-13-5-2-6-14-20)28-26(30)22-17-9-10-18-22/h1-6,11-14,21-25,27,29H,7-10,15-18H2,(H,28,30). The lowest BCUT2D eigenvalue weighted by Crippen LogP contribution is -2.45. The van der Waals surface area contributed by atoms with Crippen LogP contribution in [0.3, 0.4) is 0 Å². The molecule has 160 valence electrons. The van der Waals surface area contributed by atoms with Crippen molar-refractivity contribution in [3.63, 3.8) is 0 Å². The largest absolute Gasteiger partial charge is 0.378 e. The number of aliphatic hydroxyl groups excluding tert-OH is 1. The molecule has 2 aliphatic rings. The second kappa shape index (κ2) is 10.2. The molecule has 30 heavy (non-hydrogen) atoms. The molecule has 3 unspecified atom stereocenters. The smallest absolute Gasteiger partial charge is 0.223 e. The third kappa shape index (κ3) is 5.11. The van der Waals surface area contributed by atoms with Crippen LogP contribution in [-0.2, 0) is 4.79 Å². The number of carbonyl (C=O) groups is 1. The van der Waals surface area contributed by atoms with Crippen molar-refractivity contribution in [2.75, 3.05) is 0 Å². The first-order chi connectivity index (χ1) is 14.7. The predicted octanol–water partition coefficient (Wildman–Crippen LogP) is 4.87. The molecule has 0 saturated heterocycles. The first-order valence-corrected chi connectivity index (χ1v) is 11.6. The summed E-state index contributed by atoms with van der Waals surface area (Å²) in [7, 11) is 0. The molecule has 3 N–H and O–H groups in total. The van der Waals surface area contributed by atoms with Crippen molar-refractivity contribution < 1.29 is 9.90 Å². The monoisotopic (exact) mass is 406 g/mol. The Labute approximate surface area is 180 Å². The number of hydrogen-bond acceptors (Lipinski definition) is 3. The molecule has 0 aliphatic heterocycles. The second-order valence-corrected chi connectivity index (χ2v) is 8.92. The Balaban J connectivity index is 1.63. The predicted molar refractivity (Wildman–Crippen MR) is 120 cm³/mol. The van der Waals surface area contributed by atoms with Crippen LogP contribution >= 0.6 is 0 Å². The quantitative estimate of drug-likeness (QED) is 0.548. The van der Waals surface area contributed by atoms with Crippen LogP contribution in [-0.4, -0.2) is 17.2 Å². The Morgan fingerprint density at radius 1 is 0.767 bits per heavy atom. The van der Waals surface area contributed by atoms with Gasteiger partial charge in [0.15, 0.2) is 0 Å². The molecule has 0 bridgehead atoms. The zero-order valence-electron chi connectivity index (χ0n) is 17.7. The van der Waals surface area contributed by atoms with E-state index in [0.717, 1.165) is 49.7 Å². The van der Waals surface area contributed by atoms with Crippen molar-refractivity contribution in [1.29, 1.82) is 0 Å². The van der Waals surface area contributed by atoms with E-state index in [1.807, 2.05) is 36.4 Å². The molecule has 4 rings (SSSR count). The van der Waals surface area contributed by atoms with E-state index in [4.69, 9.17) is 0 Å². The van der Waals surface area contributed by atoms with Gasteiger partial charge in [0.1, 0.15) is 6.23 Å². The van der Waals surface area contributed by atoms with Crippen molar-refractivity contribution in [2.24, 2.45) is 11.8 Å². The van der Waals surface area contributed by atoms with Gasteiger partial charge < -0.3 is 10.4 Å². The van der Waals surface area contributed by atoms with Gasteiger partial charge in [-0.1, -0.05) is 86.3 Å². The van der Waals surface area contributed by atoms with Crippen molar-refractivity contribution in [1.82, 2.24) is 10.6 Å². The van der Waals surface area contributed by atoms with Crippen LogP contribution in [0.4, 0.5) is 0 Å². The zero-order chi connectivity index (χ0) is 20.8. The third-order valence-electron chi connectivity index (χ3n) is 6.87. The summed E-state index contributed by atoms with van der Waals surface area (Å²) in [6.07, 6.45) is 8.11. The van der Waals surface area contributed by atoms with Gasteiger partial charge in [-0.2, -0.15) is 0 Å². The molecule has 0 heterocycles. The van der Waals surface area contributed by atoms with Crippen LogP contribution in [0.1, 0.15) is 74.6 Å². The van der Waals surface area contributed by atoms with Gasteiger partial charge in [0.05, 0.1) is 12.1 Å². The van der Waals surface area contributed by atoms with Gasteiger partial charge in [-0.05, 0) is 42.7 Å². The van der Waals surface area contributed by atoms with E-state index in [0.29, 0.717) is 0 Å². The van der Waals surface area contributed by atoms with Crippen molar-refractivity contribution in [3.8, 4) is 0 Å². The molecule has 2 fully saturated rings. The topological polar surface area (TPSA) is 61.4 Å². The van der Waals surface area contributed by atoms with Crippen molar-refractivity contribution in [3.05, 3.63) is 71.8 Å². The number of amides is 1. The minimum absolute atomic E-state index is 0.104. The summed E-state index contributed by atoms with van der Waals surface area (Å²) in [5.41, 5.74) is 2.14. The van der Waals surface area contributed by atoms with Crippen LogP contribution in [0, 0.1) is 11.8 Å². The van der Waals surface area contributed by atoms with Crippen LogP contribution in [0.25, 0.3) is 0 Å². The maximum atomic E-state index is 13.1. The third-order valence-corrected chi connectivity index (χ3v) is 6.87. The summed E-state index contributed by atoms with van der Waals surface area (Å²) in [5.74, 6) is 0.519. The van der Waals surface area contributed by atoms with E-state index in [9.17, 15) is 9.90 Å². The van der Waals surface area contributed by atoms with E-state index < -0.39 is 6.23 Å². The summed E-state index contributed by atoms with van der Waals surface area (Å²) in [6.45, 7) is 0. The highest BCUT2D eigenvalue weighted by Gasteiger charge is 2.33. The average Bonchev–Trinajstić information content (AvgIpc) is 3.52. The molecule has 4 nitrogen and oxygen atoms in total. The van der Waals surface area contributed by atoms with Crippen molar-refractivity contribution in [2.45, 2.75) is 69.7 Å². The number of benzene rings is 2. The highest BCUT2D eigenvalue weighted by Crippen LogP contribution is 2.34. The van der Waals surface area contributed by atoms with Gasteiger partial charge in [0.25, 0.3) is 0 Å². The molecule has 3 atom stereocenters. The highest BCUT2D eigenvalue weighted by molar-refractivity contribution is 5.79. The molecule has 0 radical (unpaired) electrons. The fraction of sp³-hybridized carbons (Fsp3) is 0.500. The van der Waals surface area contributed by atoms with E-state index in [2.05, 4.69) is 34.9 Å². The summed E-state index contributed by atoms with van der Waals surface area (Å²) >= 11 is 0. The minimum Gasteiger partial charge on any atom is -0.378 e. The van der Waals surface area contributed by atoms with Gasteiger partial charge in [-0.15, -0.1) is 0 Å². The molecule has 4 heteroatoms. The molecule has 0 aromatic heterocycles. The SMILES string of the molecule is O=C(NC(c1ccccc1)C(NC(O)C1CCCC1)c1ccccc1)C1CCCC1. The Hall–Kier alpha value is -2.17. The normalized spacial score (nSPS) is 20.7. The second-order valence-electron chi connectivity index (χ2n) is 8.92. The van der Waals surface area contributed by atoms with Gasteiger partial charge in [-0.3, -0.25) is 10.1 Å². The number of nitrogens with one attached hydrogen (secondary N) is 2. The van der Waals surface area contributed by atoms with Gasteiger partial charge >= 0.3 is 0 Å². The summed E-state index contributed by atoms with van der Waals surface area (Å²) < 4.78 is 0. The molecule has 2 aromatic carbocycles. The Bertz CT molecular complexity index is 783. The Morgan fingerprint density at radius 3 is 1.83 bits per heavy atom. The van der Waals surface area contributed by atoms with Crippen LogP contribution in [0.2, 0.25) is 0 Å². The summed E-state index contributed by atoms with van der Waals surface area (Å²) in [6, 6.07) is 19.9. The molecular weight excluding hydrogens is 372 g/mol. The van der Waals surface area contributed by atoms with E-state index in [-0.39, 0.29) is 29.8 Å². The Kier molecular flexibility index (Phi) is 7.19. The number of carbonyl (C=O) groups excluding carboxylic acids is 1. The molecule has 1 amide bonds. The van der Waals surface area contributed by atoms with Gasteiger partial charge in [0.2, 0.25) is 5.91 Å². The number of hydrogen-bond donors (Lipinski definition) is 3. The minimum atomic E-state index is -0.577. The maximum Gasteiger partial charge on any atom is 0.223 e. The van der Waals surface area contributed by atoms with Crippen LogP contribution < -0.4 is 10.6 Å². The maximum absolute atomic E-state index is 13.1. The van der Waals surface area contributed by atoms with E-state index >= 15 is 0 Å². The van der Waals surface area contributed by atoms with Gasteiger partial charge in [-0.25, -0.2) is 0 Å². The zero-order valence-corrected chi connectivity index (χ0v) is 17.7. The van der Waals surface area contributed by atoms with Gasteiger partial charge in [0, 0.05) is 5.92 Å². The number of aliphatic hydroxyl groups is 1. The van der Waals surface area contributed by atoms with E-state index in [1.54, 1.807) is 0 Å². The summed E-state index contributed by atoms with van der Waals surface area (Å²) in [5, 5.41) is 17.9. The fourth-order valence-corrected chi connectivity index (χ4v) is 5.12. The van der Waals surface area contributed by atoms with Crippen LogP contribution in [0.5, 0.6) is 0 Å². The average molecular weight is 407 g/mol. The lowest BCUT2D eigenvalue weighted by Gasteiger charge is -2.34. The summed E-state index contributed by atoms with van der Waals surface area (Å²) in [4.78, 5) is 13.1. The highest BCUT2D eigenvalue weighted by atomic mass is 16.3. The molecule has 2 aliphatic carbocycles. The fourth-order valence-electron chi connectivity index (χ4n) is 5.12. The Morgan fingerprint density at radius 2 is 1.27 bits per heavy atom. The first-order valence-electron chi connectivity index (χ1n) is 11.6. The molecule has 0 spiro atoms. The lowest BCUT2D eigenvalue weighted by atomic mass is 9.91. The lowest BCUT2D eigenvalue weighted by molar-refractivity contribution is -0.126. The molecule has 2 aromatic rings. The van der Waals surface area contributed by atoms with Crippen LogP contribution in [0.15, 0.2) is 60.7 Å².